The minimum Gasteiger partial charge on any atom is -0.481 e. The Hall–Kier alpha value is -0.690. The van der Waals surface area contributed by atoms with E-state index in [-0.39, 0.29) is 4.83 Å². The molecule has 0 aliphatic rings. The van der Waals surface area contributed by atoms with Gasteiger partial charge in [-0.25, -0.2) is 18.4 Å². The van der Waals surface area contributed by atoms with Gasteiger partial charge in [-0.2, -0.15) is 0 Å². The Balaban J connectivity index is 2.91. The third kappa shape index (κ3) is 3.41. The Morgan fingerprint density at radius 1 is 1.44 bits per heavy atom. The van der Waals surface area contributed by atoms with Crippen LogP contribution in [0.15, 0.2) is 12.4 Å². The molecule has 1 aromatic rings. The van der Waals surface area contributed by atoms with E-state index in [4.69, 9.17) is 4.74 Å². The maximum atomic E-state index is 11.7. The van der Waals surface area contributed by atoms with Gasteiger partial charge in [0.15, 0.2) is 9.84 Å². The topological polar surface area (TPSA) is 69.2 Å². The number of nitrogens with zero attached hydrogens (tertiary/aromatic N) is 2. The SMILES string of the molecule is COc1cc(CC(Br)C(C)(C)S(C)(=O)=O)ncn1. The molecule has 1 rings (SSSR count). The summed E-state index contributed by atoms with van der Waals surface area (Å²) in [6.45, 7) is 3.39. The van der Waals surface area contributed by atoms with Gasteiger partial charge in [-0.15, -0.1) is 0 Å². The molecule has 1 aromatic heterocycles. The fraction of sp³-hybridized carbons (Fsp3) is 0.636. The van der Waals surface area contributed by atoms with Gasteiger partial charge in [-0.05, 0) is 13.8 Å². The maximum Gasteiger partial charge on any atom is 0.216 e. The molecule has 7 heteroatoms. The molecule has 0 bridgehead atoms. The Morgan fingerprint density at radius 3 is 2.56 bits per heavy atom. The van der Waals surface area contributed by atoms with Crippen molar-refractivity contribution in [1.29, 1.82) is 0 Å². The van der Waals surface area contributed by atoms with Gasteiger partial charge in [-0.1, -0.05) is 15.9 Å². The number of halogens is 1. The molecule has 0 aromatic carbocycles. The molecule has 0 aliphatic carbocycles. The van der Waals surface area contributed by atoms with Crippen LogP contribution in [0.3, 0.4) is 0 Å². The predicted octanol–water partition coefficient (Wildman–Crippen LogP) is 1.61. The van der Waals surface area contributed by atoms with Crippen LogP contribution in [0.4, 0.5) is 0 Å². The van der Waals surface area contributed by atoms with Crippen LogP contribution in [-0.4, -0.2) is 41.3 Å². The smallest absolute Gasteiger partial charge is 0.216 e. The highest BCUT2D eigenvalue weighted by molar-refractivity contribution is 9.09. The van der Waals surface area contributed by atoms with Crippen LogP contribution in [-0.2, 0) is 16.3 Å². The lowest BCUT2D eigenvalue weighted by Gasteiger charge is -2.28. The molecule has 0 aliphatic heterocycles. The van der Waals surface area contributed by atoms with Crippen molar-refractivity contribution in [2.24, 2.45) is 0 Å². The minimum absolute atomic E-state index is 0.236. The molecule has 1 unspecified atom stereocenters. The maximum absolute atomic E-state index is 11.7. The summed E-state index contributed by atoms with van der Waals surface area (Å²) in [5, 5.41) is 0. The molecule has 0 spiro atoms. The quantitative estimate of drug-likeness (QED) is 0.764. The monoisotopic (exact) mass is 336 g/mol. The summed E-state index contributed by atoms with van der Waals surface area (Å²) in [5.74, 6) is 0.469. The molecule has 1 heterocycles. The fourth-order valence-electron chi connectivity index (χ4n) is 1.26. The molecule has 0 saturated carbocycles. The number of hydrogen-bond acceptors (Lipinski definition) is 5. The van der Waals surface area contributed by atoms with E-state index in [2.05, 4.69) is 25.9 Å². The average molecular weight is 337 g/mol. The van der Waals surface area contributed by atoms with E-state index in [1.165, 1.54) is 19.7 Å². The lowest BCUT2D eigenvalue weighted by atomic mass is 10.1. The molecule has 5 nitrogen and oxygen atoms in total. The van der Waals surface area contributed by atoms with Crippen molar-refractivity contribution in [3.05, 3.63) is 18.1 Å². The van der Waals surface area contributed by atoms with Crippen LogP contribution >= 0.6 is 15.9 Å². The van der Waals surface area contributed by atoms with Gasteiger partial charge >= 0.3 is 0 Å². The van der Waals surface area contributed by atoms with E-state index in [0.29, 0.717) is 12.3 Å². The number of rotatable bonds is 5. The van der Waals surface area contributed by atoms with Gasteiger partial charge in [0.05, 0.1) is 11.9 Å². The number of alkyl halides is 1. The van der Waals surface area contributed by atoms with Gasteiger partial charge in [0.2, 0.25) is 5.88 Å². The van der Waals surface area contributed by atoms with Crippen LogP contribution in [0.2, 0.25) is 0 Å². The van der Waals surface area contributed by atoms with E-state index in [1.807, 2.05) is 0 Å². The van der Waals surface area contributed by atoms with Gasteiger partial charge in [0, 0.05) is 29.3 Å². The molecule has 18 heavy (non-hydrogen) atoms. The fourth-order valence-corrected chi connectivity index (χ4v) is 3.16. The largest absolute Gasteiger partial charge is 0.481 e. The van der Waals surface area contributed by atoms with E-state index < -0.39 is 14.6 Å². The zero-order valence-electron chi connectivity index (χ0n) is 10.8. The Morgan fingerprint density at radius 2 is 2.06 bits per heavy atom. The van der Waals surface area contributed by atoms with Crippen LogP contribution in [0.25, 0.3) is 0 Å². The van der Waals surface area contributed by atoms with Crippen LogP contribution in [0, 0.1) is 0 Å². The summed E-state index contributed by atoms with van der Waals surface area (Å²) in [6, 6.07) is 1.70. The van der Waals surface area contributed by atoms with Crippen molar-refractivity contribution in [2.45, 2.75) is 29.8 Å². The molecule has 0 saturated heterocycles. The summed E-state index contributed by atoms with van der Waals surface area (Å²) >= 11 is 3.44. The number of ether oxygens (including phenoxy) is 1. The van der Waals surface area contributed by atoms with E-state index in [0.717, 1.165) is 5.69 Å². The molecular weight excluding hydrogens is 320 g/mol. The standard InChI is InChI=1S/C11H17BrN2O3S/c1-11(2,18(4,15)16)9(12)5-8-6-10(17-3)14-7-13-8/h6-7,9H,5H2,1-4H3. The second-order valence-electron chi connectivity index (χ2n) is 4.60. The first-order valence-corrected chi connectivity index (χ1v) is 8.17. The first-order chi connectivity index (χ1) is 8.18. The predicted molar refractivity (Wildman–Crippen MR) is 73.9 cm³/mol. The van der Waals surface area contributed by atoms with Crippen molar-refractivity contribution in [3.8, 4) is 5.88 Å². The summed E-state index contributed by atoms with van der Waals surface area (Å²) < 4.78 is 27.6. The van der Waals surface area contributed by atoms with Gasteiger partial charge in [-0.3, -0.25) is 0 Å². The third-order valence-electron chi connectivity index (χ3n) is 3.01. The van der Waals surface area contributed by atoms with Crippen molar-refractivity contribution in [3.63, 3.8) is 0 Å². The molecule has 0 N–H and O–H groups in total. The molecule has 0 fully saturated rings. The second kappa shape index (κ2) is 5.52. The minimum atomic E-state index is -3.16. The Kier molecular flexibility index (Phi) is 4.72. The van der Waals surface area contributed by atoms with Gasteiger partial charge in [0.25, 0.3) is 0 Å². The summed E-state index contributed by atoms with van der Waals surface area (Å²) in [7, 11) is -1.63. The van der Waals surface area contributed by atoms with Crippen LogP contribution in [0.1, 0.15) is 19.5 Å². The number of methoxy groups -OCH3 is 1. The Labute approximate surface area is 116 Å². The van der Waals surface area contributed by atoms with Gasteiger partial charge in [0.1, 0.15) is 6.33 Å². The summed E-state index contributed by atoms with van der Waals surface area (Å²) in [6.07, 6.45) is 3.13. The lowest BCUT2D eigenvalue weighted by Crippen LogP contribution is -2.41. The average Bonchev–Trinajstić information content (AvgIpc) is 2.27. The number of aromatic nitrogens is 2. The normalized spacial score (nSPS) is 14.3. The zero-order chi connectivity index (χ0) is 14.0. The van der Waals surface area contributed by atoms with E-state index in [9.17, 15) is 8.42 Å². The van der Waals surface area contributed by atoms with E-state index >= 15 is 0 Å². The molecule has 0 radical (unpaired) electrons. The van der Waals surface area contributed by atoms with Gasteiger partial charge < -0.3 is 4.74 Å². The van der Waals surface area contributed by atoms with Crippen molar-refractivity contribution in [1.82, 2.24) is 9.97 Å². The van der Waals surface area contributed by atoms with Crippen LogP contribution in [0.5, 0.6) is 5.88 Å². The molecular formula is C11H17BrN2O3S. The molecule has 1 atom stereocenters. The van der Waals surface area contributed by atoms with Crippen molar-refractivity contribution < 1.29 is 13.2 Å². The molecule has 102 valence electrons. The number of hydrogen-bond donors (Lipinski definition) is 0. The van der Waals surface area contributed by atoms with Crippen molar-refractivity contribution >= 4 is 25.8 Å². The zero-order valence-corrected chi connectivity index (χ0v) is 13.2. The highest BCUT2D eigenvalue weighted by Gasteiger charge is 2.37. The van der Waals surface area contributed by atoms with E-state index in [1.54, 1.807) is 19.9 Å². The number of sulfone groups is 1. The summed E-state index contributed by atoms with van der Waals surface area (Å²) in [4.78, 5) is 7.78. The molecule has 0 amide bonds. The first-order valence-electron chi connectivity index (χ1n) is 5.37. The van der Waals surface area contributed by atoms with Crippen LogP contribution < -0.4 is 4.74 Å². The lowest BCUT2D eigenvalue weighted by molar-refractivity contribution is 0.395. The second-order valence-corrected chi connectivity index (χ2v) is 8.30. The van der Waals surface area contributed by atoms with Crippen molar-refractivity contribution in [2.75, 3.05) is 13.4 Å². The summed E-state index contributed by atoms with van der Waals surface area (Å²) in [5.41, 5.74) is 0.737. The third-order valence-corrected chi connectivity index (χ3v) is 6.97. The highest BCUT2D eigenvalue weighted by Crippen LogP contribution is 2.28. The Bertz CT molecular complexity index is 517. The first kappa shape index (κ1) is 15.4. The highest BCUT2D eigenvalue weighted by atomic mass is 79.9.